The molecule has 1 fully saturated rings. The first-order chi connectivity index (χ1) is 8.43. The Hall–Kier alpha value is -0.620. The minimum Gasteiger partial charge on any atom is -0.314 e. The molecule has 1 N–H and O–H groups in total. The third-order valence-electron chi connectivity index (χ3n) is 3.11. The molecule has 100 valence electrons. The quantitative estimate of drug-likeness (QED) is 0.900. The molecule has 1 aliphatic rings. The Morgan fingerprint density at radius 1 is 1.44 bits per heavy atom. The van der Waals surface area contributed by atoms with Crippen LogP contribution in [0, 0.1) is 6.92 Å². The van der Waals surface area contributed by atoms with Crippen molar-refractivity contribution in [3.05, 3.63) is 28.8 Å². The molecule has 0 bridgehead atoms. The van der Waals surface area contributed by atoms with E-state index in [1.165, 1.54) is 4.31 Å². The molecule has 1 aromatic carbocycles. The predicted octanol–water partition coefficient (Wildman–Crippen LogP) is 1.63. The minimum absolute atomic E-state index is 0.0545. The molecule has 6 heteroatoms. The number of nitrogens with one attached hydrogen (secondary N) is 1. The summed E-state index contributed by atoms with van der Waals surface area (Å²) in [5, 5.41) is 3.47. The van der Waals surface area contributed by atoms with Gasteiger partial charge in [-0.3, -0.25) is 0 Å². The molecule has 0 saturated carbocycles. The molecule has 2 rings (SSSR count). The number of benzene rings is 1. The van der Waals surface area contributed by atoms with Gasteiger partial charge in [0.2, 0.25) is 10.0 Å². The normalized spacial score (nSPS) is 22.1. The highest BCUT2D eigenvalue weighted by molar-refractivity contribution is 7.89. The Labute approximate surface area is 113 Å². The SMILES string of the molecule is Cc1ccc(S(=O)(=O)N2CCNC[C@H]2C)c(Cl)c1. The molecule has 1 aliphatic heterocycles. The second kappa shape index (κ2) is 5.17. The van der Waals surface area contributed by atoms with Gasteiger partial charge in [-0.05, 0) is 31.5 Å². The zero-order chi connectivity index (χ0) is 13.3. The van der Waals surface area contributed by atoms with Gasteiger partial charge < -0.3 is 5.32 Å². The lowest BCUT2D eigenvalue weighted by atomic mass is 10.2. The van der Waals surface area contributed by atoms with Crippen molar-refractivity contribution < 1.29 is 8.42 Å². The number of piperazine rings is 1. The maximum absolute atomic E-state index is 12.5. The number of hydrogen-bond acceptors (Lipinski definition) is 3. The number of sulfonamides is 1. The smallest absolute Gasteiger partial charge is 0.244 e. The molecule has 0 aromatic heterocycles. The number of hydrogen-bond donors (Lipinski definition) is 1. The molecule has 1 heterocycles. The van der Waals surface area contributed by atoms with E-state index in [9.17, 15) is 8.42 Å². The minimum atomic E-state index is -3.50. The second-order valence-corrected chi connectivity index (χ2v) is 6.87. The van der Waals surface area contributed by atoms with Crippen molar-refractivity contribution >= 4 is 21.6 Å². The molecule has 0 radical (unpaired) electrons. The van der Waals surface area contributed by atoms with Gasteiger partial charge >= 0.3 is 0 Å². The fourth-order valence-electron chi connectivity index (χ4n) is 2.12. The number of halogens is 1. The van der Waals surface area contributed by atoms with E-state index < -0.39 is 10.0 Å². The summed E-state index contributed by atoms with van der Waals surface area (Å²) in [6.07, 6.45) is 0. The van der Waals surface area contributed by atoms with Gasteiger partial charge in [-0.2, -0.15) is 4.31 Å². The van der Waals surface area contributed by atoms with Crippen LogP contribution in [0.15, 0.2) is 23.1 Å². The number of aryl methyl sites for hydroxylation is 1. The lowest BCUT2D eigenvalue weighted by Gasteiger charge is -2.33. The largest absolute Gasteiger partial charge is 0.314 e. The molecular weight excluding hydrogens is 272 g/mol. The summed E-state index contributed by atoms with van der Waals surface area (Å²) in [5.41, 5.74) is 0.951. The zero-order valence-corrected chi connectivity index (χ0v) is 12.1. The van der Waals surface area contributed by atoms with E-state index >= 15 is 0 Å². The van der Waals surface area contributed by atoms with Gasteiger partial charge in [-0.1, -0.05) is 17.7 Å². The van der Waals surface area contributed by atoms with Gasteiger partial charge in [-0.15, -0.1) is 0 Å². The van der Waals surface area contributed by atoms with Crippen LogP contribution in [0.4, 0.5) is 0 Å². The molecular formula is C12H17ClN2O2S. The van der Waals surface area contributed by atoms with Crippen LogP contribution in [0.25, 0.3) is 0 Å². The highest BCUT2D eigenvalue weighted by atomic mass is 35.5. The molecule has 1 atom stereocenters. The molecule has 4 nitrogen and oxygen atoms in total. The summed E-state index contributed by atoms with van der Waals surface area (Å²) >= 11 is 6.06. The topological polar surface area (TPSA) is 49.4 Å². The average molecular weight is 289 g/mol. The van der Waals surface area contributed by atoms with Gasteiger partial charge in [-0.25, -0.2) is 8.42 Å². The molecule has 1 saturated heterocycles. The molecule has 0 unspecified atom stereocenters. The van der Waals surface area contributed by atoms with Gasteiger partial charge in [0.15, 0.2) is 0 Å². The van der Waals surface area contributed by atoms with Crippen LogP contribution in [0.2, 0.25) is 5.02 Å². The first-order valence-electron chi connectivity index (χ1n) is 5.91. The molecule has 0 amide bonds. The molecule has 0 spiro atoms. The highest BCUT2D eigenvalue weighted by Gasteiger charge is 2.32. The summed E-state index contributed by atoms with van der Waals surface area (Å²) in [6, 6.07) is 4.98. The van der Waals surface area contributed by atoms with Crippen molar-refractivity contribution in [2.45, 2.75) is 24.8 Å². The lowest BCUT2D eigenvalue weighted by Crippen LogP contribution is -2.52. The summed E-state index contributed by atoms with van der Waals surface area (Å²) in [7, 11) is -3.50. The first-order valence-corrected chi connectivity index (χ1v) is 7.73. The highest BCUT2D eigenvalue weighted by Crippen LogP contribution is 2.27. The summed E-state index contributed by atoms with van der Waals surface area (Å²) in [4.78, 5) is 0.198. The third kappa shape index (κ3) is 2.54. The van der Waals surface area contributed by atoms with Crippen LogP contribution in [-0.4, -0.2) is 38.4 Å². The zero-order valence-electron chi connectivity index (χ0n) is 10.5. The van der Waals surface area contributed by atoms with Crippen molar-refractivity contribution in [3.63, 3.8) is 0 Å². The van der Waals surface area contributed by atoms with Crippen molar-refractivity contribution in [2.24, 2.45) is 0 Å². The van der Waals surface area contributed by atoms with Crippen molar-refractivity contribution in [1.29, 1.82) is 0 Å². The molecule has 0 aliphatic carbocycles. The van der Waals surface area contributed by atoms with Crippen LogP contribution in [0.1, 0.15) is 12.5 Å². The second-order valence-electron chi connectivity index (χ2n) is 4.60. The van der Waals surface area contributed by atoms with E-state index in [1.807, 2.05) is 13.8 Å². The number of rotatable bonds is 2. The van der Waals surface area contributed by atoms with Crippen molar-refractivity contribution in [2.75, 3.05) is 19.6 Å². The average Bonchev–Trinajstić information content (AvgIpc) is 2.28. The van der Waals surface area contributed by atoms with Crippen LogP contribution in [0.3, 0.4) is 0 Å². The summed E-state index contributed by atoms with van der Waals surface area (Å²) < 4.78 is 26.6. The fourth-order valence-corrected chi connectivity index (χ4v) is 4.33. The third-order valence-corrected chi connectivity index (χ3v) is 5.61. The molecule has 18 heavy (non-hydrogen) atoms. The lowest BCUT2D eigenvalue weighted by molar-refractivity contribution is 0.284. The van der Waals surface area contributed by atoms with Crippen LogP contribution in [-0.2, 0) is 10.0 Å². The predicted molar refractivity (Wildman–Crippen MR) is 72.4 cm³/mol. The van der Waals surface area contributed by atoms with Gasteiger partial charge in [0.05, 0.1) is 5.02 Å². The van der Waals surface area contributed by atoms with Crippen LogP contribution >= 0.6 is 11.6 Å². The fraction of sp³-hybridized carbons (Fsp3) is 0.500. The first kappa shape index (κ1) is 13.8. The van der Waals surface area contributed by atoms with Gasteiger partial charge in [0.25, 0.3) is 0 Å². The van der Waals surface area contributed by atoms with Gasteiger partial charge in [0.1, 0.15) is 4.90 Å². The van der Waals surface area contributed by atoms with E-state index in [1.54, 1.807) is 18.2 Å². The van der Waals surface area contributed by atoms with Crippen molar-refractivity contribution in [1.82, 2.24) is 9.62 Å². The van der Waals surface area contributed by atoms with Crippen LogP contribution in [0.5, 0.6) is 0 Å². The number of nitrogens with zero attached hydrogens (tertiary/aromatic N) is 1. The Morgan fingerprint density at radius 2 is 2.17 bits per heavy atom. The van der Waals surface area contributed by atoms with Gasteiger partial charge in [0, 0.05) is 25.7 Å². The Morgan fingerprint density at radius 3 is 2.78 bits per heavy atom. The van der Waals surface area contributed by atoms with E-state index in [4.69, 9.17) is 11.6 Å². The van der Waals surface area contributed by atoms with E-state index in [0.717, 1.165) is 5.56 Å². The Balaban J connectivity index is 2.41. The monoisotopic (exact) mass is 288 g/mol. The maximum atomic E-state index is 12.5. The van der Waals surface area contributed by atoms with Crippen LogP contribution < -0.4 is 5.32 Å². The Kier molecular flexibility index (Phi) is 3.96. The van der Waals surface area contributed by atoms with E-state index in [2.05, 4.69) is 5.32 Å². The summed E-state index contributed by atoms with van der Waals surface area (Å²) in [5.74, 6) is 0. The Bertz CT molecular complexity index is 545. The van der Waals surface area contributed by atoms with E-state index in [0.29, 0.717) is 24.7 Å². The standard InChI is InChI=1S/C12H17ClN2O2S/c1-9-3-4-12(11(13)7-9)18(16,17)15-6-5-14-8-10(15)2/h3-4,7,10,14H,5-6,8H2,1-2H3/t10-/m1/s1. The van der Waals surface area contributed by atoms with Crippen molar-refractivity contribution in [3.8, 4) is 0 Å². The molecule has 1 aromatic rings. The maximum Gasteiger partial charge on any atom is 0.244 e. The summed E-state index contributed by atoms with van der Waals surface area (Å²) in [6.45, 7) is 5.60. The van der Waals surface area contributed by atoms with E-state index in [-0.39, 0.29) is 10.9 Å².